The van der Waals surface area contributed by atoms with Crippen molar-refractivity contribution in [3.63, 3.8) is 0 Å². The lowest BCUT2D eigenvalue weighted by Crippen LogP contribution is -2.14. The first-order valence-corrected chi connectivity index (χ1v) is 12.2. The summed E-state index contributed by atoms with van der Waals surface area (Å²) in [5.41, 5.74) is 1.65. The highest BCUT2D eigenvalue weighted by Gasteiger charge is 2.35. The summed E-state index contributed by atoms with van der Waals surface area (Å²) in [4.78, 5) is 0. The topological polar surface area (TPSA) is 9.23 Å². The molecule has 1 heterocycles. The fourth-order valence-electron chi connectivity index (χ4n) is 4.87. The first-order valence-electron chi connectivity index (χ1n) is 10.6. The van der Waals surface area contributed by atoms with Crippen LogP contribution >= 0.6 is 31.9 Å². The van der Waals surface area contributed by atoms with Crippen LogP contribution in [0, 0.1) is 0 Å². The van der Waals surface area contributed by atoms with Crippen molar-refractivity contribution >= 4 is 53.4 Å². The van der Waals surface area contributed by atoms with Crippen LogP contribution in [-0.2, 0) is 6.18 Å². The van der Waals surface area contributed by atoms with Gasteiger partial charge in [0.2, 0.25) is 0 Å². The van der Waals surface area contributed by atoms with Gasteiger partial charge in [0, 0.05) is 26.0 Å². The van der Waals surface area contributed by atoms with Crippen molar-refractivity contribution in [1.29, 1.82) is 0 Å². The molecule has 5 aromatic rings. The molecule has 0 spiro atoms. The summed E-state index contributed by atoms with van der Waals surface area (Å²) in [6, 6.07) is 25.3. The SMILES string of the molecule is FC(F)(F)c1cccc(C2c3c(ccc4cc(Br)ccc34)Oc3ccc4cc(Br)ccc4c32)c1. The van der Waals surface area contributed by atoms with E-state index >= 15 is 0 Å². The lowest BCUT2D eigenvalue weighted by Gasteiger charge is -2.31. The van der Waals surface area contributed by atoms with E-state index in [1.165, 1.54) is 12.1 Å². The molecule has 0 aliphatic carbocycles. The van der Waals surface area contributed by atoms with Gasteiger partial charge in [-0.05, 0) is 69.6 Å². The summed E-state index contributed by atoms with van der Waals surface area (Å²) < 4.78 is 49.3. The molecule has 0 unspecified atom stereocenters. The third-order valence-corrected chi connectivity index (χ3v) is 7.30. The van der Waals surface area contributed by atoms with Gasteiger partial charge in [-0.1, -0.05) is 74.3 Å². The van der Waals surface area contributed by atoms with Crippen LogP contribution in [-0.4, -0.2) is 0 Å². The highest BCUT2D eigenvalue weighted by molar-refractivity contribution is 9.10. The molecule has 34 heavy (non-hydrogen) atoms. The number of rotatable bonds is 1. The average Bonchev–Trinajstić information content (AvgIpc) is 2.81. The van der Waals surface area contributed by atoms with Gasteiger partial charge in [-0.15, -0.1) is 0 Å². The van der Waals surface area contributed by atoms with E-state index in [-0.39, 0.29) is 0 Å². The molecule has 0 saturated carbocycles. The average molecular weight is 584 g/mol. The van der Waals surface area contributed by atoms with Crippen LogP contribution in [0.25, 0.3) is 21.5 Å². The Morgan fingerprint density at radius 2 is 1.21 bits per heavy atom. The molecule has 0 fully saturated rings. The van der Waals surface area contributed by atoms with E-state index in [1.807, 2.05) is 60.7 Å². The van der Waals surface area contributed by atoms with Crippen molar-refractivity contribution in [3.8, 4) is 11.5 Å². The Labute approximate surface area is 210 Å². The summed E-state index contributed by atoms with van der Waals surface area (Å²) in [6.07, 6.45) is -4.43. The second-order valence-electron chi connectivity index (χ2n) is 8.34. The van der Waals surface area contributed by atoms with Crippen molar-refractivity contribution in [1.82, 2.24) is 0 Å². The molecule has 0 saturated heterocycles. The smallest absolute Gasteiger partial charge is 0.416 e. The minimum atomic E-state index is -4.43. The lowest BCUT2D eigenvalue weighted by atomic mass is 9.78. The molecule has 0 amide bonds. The Morgan fingerprint density at radius 3 is 1.74 bits per heavy atom. The fraction of sp³-hybridized carbons (Fsp3) is 0.0714. The summed E-state index contributed by atoms with van der Waals surface area (Å²) in [5, 5.41) is 3.87. The molecular formula is C28H15Br2F3O. The van der Waals surface area contributed by atoms with Gasteiger partial charge in [0.15, 0.2) is 0 Å². The van der Waals surface area contributed by atoms with Gasteiger partial charge in [-0.2, -0.15) is 13.2 Å². The van der Waals surface area contributed by atoms with E-state index in [2.05, 4.69) is 31.9 Å². The van der Waals surface area contributed by atoms with Crippen molar-refractivity contribution in [3.05, 3.63) is 116 Å². The third-order valence-electron chi connectivity index (χ3n) is 6.31. The molecule has 1 nitrogen and oxygen atoms in total. The minimum absolute atomic E-state index is 0.434. The molecule has 6 heteroatoms. The number of fused-ring (bicyclic) bond motifs is 6. The number of hydrogen-bond donors (Lipinski definition) is 0. The standard InChI is InChI=1S/C28H15Br2F3O/c29-19-6-8-21-15(13-19)4-10-23-26(21)25(17-2-1-3-18(12-17)28(31,32)33)27-22-9-7-20(30)14-16(22)5-11-24(27)34-23/h1-14,25H. The van der Waals surface area contributed by atoms with Crippen molar-refractivity contribution in [2.45, 2.75) is 12.1 Å². The Balaban J connectivity index is 1.72. The number of benzene rings is 5. The largest absolute Gasteiger partial charge is 0.457 e. The van der Waals surface area contributed by atoms with Crippen LogP contribution in [0.1, 0.15) is 28.2 Å². The summed E-state index contributed by atoms with van der Waals surface area (Å²) in [5.74, 6) is 0.873. The van der Waals surface area contributed by atoms with E-state index in [0.29, 0.717) is 17.1 Å². The Bertz CT molecular complexity index is 1520. The molecule has 1 aliphatic rings. The first-order chi connectivity index (χ1) is 16.3. The highest BCUT2D eigenvalue weighted by Crippen LogP contribution is 2.52. The van der Waals surface area contributed by atoms with E-state index in [0.717, 1.165) is 47.7 Å². The van der Waals surface area contributed by atoms with Gasteiger partial charge in [-0.3, -0.25) is 0 Å². The van der Waals surface area contributed by atoms with Crippen molar-refractivity contribution in [2.75, 3.05) is 0 Å². The fourth-order valence-corrected chi connectivity index (χ4v) is 5.63. The minimum Gasteiger partial charge on any atom is -0.457 e. The van der Waals surface area contributed by atoms with E-state index < -0.39 is 17.7 Å². The van der Waals surface area contributed by atoms with Crippen molar-refractivity contribution in [2.24, 2.45) is 0 Å². The molecule has 0 bridgehead atoms. The quantitative estimate of drug-likeness (QED) is 0.187. The van der Waals surface area contributed by atoms with Gasteiger partial charge in [0.25, 0.3) is 0 Å². The Kier molecular flexibility index (Phi) is 5.01. The molecule has 0 radical (unpaired) electrons. The second kappa shape index (κ2) is 7.85. The Morgan fingerprint density at radius 1 is 0.647 bits per heavy atom. The van der Waals surface area contributed by atoms with Crippen LogP contribution in [0.2, 0.25) is 0 Å². The predicted octanol–water partition coefficient (Wildman–Crippen LogP) is 9.82. The monoisotopic (exact) mass is 582 g/mol. The lowest BCUT2D eigenvalue weighted by molar-refractivity contribution is -0.137. The summed E-state index contributed by atoms with van der Waals surface area (Å²) in [6.45, 7) is 0. The Hall–Kier alpha value is -2.83. The van der Waals surface area contributed by atoms with Gasteiger partial charge in [0.05, 0.1) is 5.56 Å². The predicted molar refractivity (Wildman–Crippen MR) is 136 cm³/mol. The molecule has 5 aromatic carbocycles. The number of hydrogen-bond acceptors (Lipinski definition) is 1. The van der Waals surface area contributed by atoms with E-state index in [4.69, 9.17) is 4.74 Å². The molecule has 0 aromatic heterocycles. The molecule has 0 atom stereocenters. The van der Waals surface area contributed by atoms with E-state index in [1.54, 1.807) is 6.07 Å². The van der Waals surface area contributed by atoms with Gasteiger partial charge in [0.1, 0.15) is 11.5 Å². The highest BCUT2D eigenvalue weighted by atomic mass is 79.9. The van der Waals surface area contributed by atoms with E-state index in [9.17, 15) is 13.2 Å². The zero-order valence-electron chi connectivity index (χ0n) is 17.5. The number of alkyl halides is 3. The maximum atomic E-state index is 13.7. The number of ether oxygens (including phenoxy) is 1. The first kappa shape index (κ1) is 21.7. The van der Waals surface area contributed by atoms with Crippen LogP contribution in [0.15, 0.2) is 93.9 Å². The van der Waals surface area contributed by atoms with Crippen LogP contribution < -0.4 is 4.74 Å². The van der Waals surface area contributed by atoms with Gasteiger partial charge in [-0.25, -0.2) is 0 Å². The zero-order chi connectivity index (χ0) is 23.6. The zero-order valence-corrected chi connectivity index (χ0v) is 20.6. The van der Waals surface area contributed by atoms with Crippen LogP contribution in [0.3, 0.4) is 0 Å². The third kappa shape index (κ3) is 3.51. The number of halogens is 5. The maximum Gasteiger partial charge on any atom is 0.416 e. The van der Waals surface area contributed by atoms with Crippen LogP contribution in [0.4, 0.5) is 13.2 Å². The molecule has 1 aliphatic heterocycles. The maximum absolute atomic E-state index is 13.7. The molecule has 6 rings (SSSR count). The van der Waals surface area contributed by atoms with Crippen molar-refractivity contribution < 1.29 is 17.9 Å². The van der Waals surface area contributed by atoms with Gasteiger partial charge >= 0.3 is 6.18 Å². The molecule has 0 N–H and O–H groups in total. The summed E-state index contributed by atoms with van der Waals surface area (Å²) >= 11 is 7.05. The molecular weight excluding hydrogens is 569 g/mol. The second-order valence-corrected chi connectivity index (χ2v) is 10.2. The van der Waals surface area contributed by atoms with Crippen LogP contribution in [0.5, 0.6) is 11.5 Å². The normalized spacial score (nSPS) is 13.6. The molecule has 168 valence electrons. The van der Waals surface area contributed by atoms with Gasteiger partial charge < -0.3 is 4.74 Å². The summed E-state index contributed by atoms with van der Waals surface area (Å²) in [7, 11) is 0.